The van der Waals surface area contributed by atoms with Gasteiger partial charge in [0.1, 0.15) is 17.4 Å². The number of likely N-dealkylation sites (tertiary alicyclic amines) is 1. The molecule has 0 spiro atoms. The molecule has 8 nitrogen and oxygen atoms in total. The highest BCUT2D eigenvalue weighted by atomic mass is 35.5. The number of nitrogens with zero attached hydrogens (tertiary/aromatic N) is 5. The van der Waals surface area contributed by atoms with E-state index in [1.165, 1.54) is 0 Å². The monoisotopic (exact) mass is 426 g/mol. The van der Waals surface area contributed by atoms with Gasteiger partial charge in [0, 0.05) is 36.9 Å². The van der Waals surface area contributed by atoms with E-state index in [0.29, 0.717) is 29.6 Å². The van der Waals surface area contributed by atoms with Gasteiger partial charge in [-0.2, -0.15) is 4.98 Å². The van der Waals surface area contributed by atoms with E-state index < -0.39 is 0 Å². The molecule has 156 valence electrons. The van der Waals surface area contributed by atoms with Gasteiger partial charge >= 0.3 is 0 Å². The Kier molecular flexibility index (Phi) is 4.61. The maximum absolute atomic E-state index is 13.2. The van der Waals surface area contributed by atoms with Crippen molar-refractivity contribution >= 4 is 34.4 Å². The zero-order valence-corrected chi connectivity index (χ0v) is 17.7. The second-order valence-electron chi connectivity index (χ2n) is 8.48. The lowest BCUT2D eigenvalue weighted by atomic mass is 9.96. The van der Waals surface area contributed by atoms with E-state index in [-0.39, 0.29) is 23.2 Å². The minimum atomic E-state index is -0.176. The van der Waals surface area contributed by atoms with Crippen molar-refractivity contribution in [1.82, 2.24) is 24.8 Å². The molecule has 3 aromatic rings. The third-order valence-electron chi connectivity index (χ3n) is 5.92. The van der Waals surface area contributed by atoms with Crippen molar-refractivity contribution in [1.29, 1.82) is 0 Å². The average Bonchev–Trinajstić information content (AvgIpc) is 3.33. The molecular formula is C21H23ClN6O2. The summed E-state index contributed by atoms with van der Waals surface area (Å²) in [5.41, 5.74) is 0.478. The van der Waals surface area contributed by atoms with Crippen LogP contribution in [0.1, 0.15) is 60.7 Å². The number of piperidine rings is 1. The first-order valence-corrected chi connectivity index (χ1v) is 10.6. The van der Waals surface area contributed by atoms with E-state index in [1.54, 1.807) is 17.3 Å². The van der Waals surface area contributed by atoms with E-state index in [0.717, 1.165) is 42.7 Å². The molecule has 9 heteroatoms. The molecule has 3 aromatic heterocycles. The van der Waals surface area contributed by atoms with Crippen LogP contribution in [-0.2, 0) is 0 Å². The van der Waals surface area contributed by atoms with Crippen LogP contribution in [0, 0.1) is 6.92 Å². The molecule has 1 aliphatic carbocycles. The van der Waals surface area contributed by atoms with Crippen molar-refractivity contribution in [3.8, 4) is 0 Å². The summed E-state index contributed by atoms with van der Waals surface area (Å²) in [5, 5.41) is 4.81. The fourth-order valence-corrected chi connectivity index (χ4v) is 3.94. The molecule has 1 amide bonds. The highest BCUT2D eigenvalue weighted by Gasteiger charge is 2.38. The summed E-state index contributed by atoms with van der Waals surface area (Å²) in [6.45, 7) is 5.23. The minimum absolute atomic E-state index is 0.0314. The van der Waals surface area contributed by atoms with Gasteiger partial charge in [-0.15, -0.1) is 0 Å². The van der Waals surface area contributed by atoms with Crippen molar-refractivity contribution in [2.24, 2.45) is 0 Å². The number of fused-ring (bicyclic) bond motifs is 1. The van der Waals surface area contributed by atoms with Crippen LogP contribution in [0.5, 0.6) is 0 Å². The third kappa shape index (κ3) is 3.71. The smallest absolute Gasteiger partial charge is 0.291 e. The number of anilines is 1. The molecule has 0 unspecified atom stereocenters. The largest absolute Gasteiger partial charge is 0.443 e. The summed E-state index contributed by atoms with van der Waals surface area (Å²) in [7, 11) is 0. The number of nitrogens with one attached hydrogen (secondary N) is 1. The number of halogens is 1. The fraction of sp³-hybridized carbons (Fsp3) is 0.476. The van der Waals surface area contributed by atoms with Crippen LogP contribution in [0.2, 0.25) is 5.02 Å². The first kappa shape index (κ1) is 19.2. The van der Waals surface area contributed by atoms with Crippen LogP contribution in [0.4, 0.5) is 5.82 Å². The summed E-state index contributed by atoms with van der Waals surface area (Å²) in [5.74, 6) is 2.41. The lowest BCUT2D eigenvalue weighted by Gasteiger charge is -2.30. The van der Waals surface area contributed by atoms with Crippen molar-refractivity contribution in [2.75, 3.05) is 18.4 Å². The summed E-state index contributed by atoms with van der Waals surface area (Å²) in [6, 6.07) is 1.91. The van der Waals surface area contributed by atoms with Crippen LogP contribution in [-0.4, -0.2) is 49.4 Å². The van der Waals surface area contributed by atoms with E-state index in [9.17, 15) is 4.79 Å². The Hall–Kier alpha value is -2.74. The molecule has 2 fully saturated rings. The van der Waals surface area contributed by atoms with E-state index in [4.69, 9.17) is 16.0 Å². The van der Waals surface area contributed by atoms with Gasteiger partial charge in [-0.3, -0.25) is 4.79 Å². The number of carbonyl (C=O) groups excluding carboxylic acids is 1. The number of rotatable bonds is 4. The molecule has 2 aliphatic rings. The summed E-state index contributed by atoms with van der Waals surface area (Å²) in [6.07, 6.45) is 6.98. The Morgan fingerprint density at radius 3 is 2.60 bits per heavy atom. The van der Waals surface area contributed by atoms with Crippen molar-refractivity contribution in [3.63, 3.8) is 0 Å². The molecule has 0 atom stereocenters. The highest BCUT2D eigenvalue weighted by molar-refractivity contribution is 6.30. The molecule has 0 aromatic carbocycles. The minimum Gasteiger partial charge on any atom is -0.443 e. The second-order valence-corrected chi connectivity index (χ2v) is 8.92. The predicted octanol–water partition coefficient (Wildman–Crippen LogP) is 3.96. The van der Waals surface area contributed by atoms with Crippen LogP contribution in [0.25, 0.3) is 11.1 Å². The molecule has 30 heavy (non-hydrogen) atoms. The Balaban J connectivity index is 1.35. The van der Waals surface area contributed by atoms with Gasteiger partial charge in [-0.25, -0.2) is 15.0 Å². The number of furan rings is 1. The maximum Gasteiger partial charge on any atom is 0.291 e. The van der Waals surface area contributed by atoms with Crippen molar-refractivity contribution in [3.05, 3.63) is 40.9 Å². The van der Waals surface area contributed by atoms with Gasteiger partial charge < -0.3 is 14.6 Å². The Labute approximate surface area is 179 Å². The highest BCUT2D eigenvalue weighted by Crippen LogP contribution is 2.39. The van der Waals surface area contributed by atoms with Gasteiger partial charge in [-0.1, -0.05) is 11.6 Å². The van der Waals surface area contributed by atoms with Crippen molar-refractivity contribution < 1.29 is 9.21 Å². The Bertz CT molecular complexity index is 1100. The molecule has 0 radical (unpaired) electrons. The van der Waals surface area contributed by atoms with Gasteiger partial charge in [0.2, 0.25) is 11.5 Å². The van der Waals surface area contributed by atoms with Gasteiger partial charge in [0.25, 0.3) is 5.91 Å². The number of carbonyl (C=O) groups is 1. The van der Waals surface area contributed by atoms with Gasteiger partial charge in [-0.05, 0) is 45.6 Å². The summed E-state index contributed by atoms with van der Waals surface area (Å²) in [4.78, 5) is 32.6. The molecule has 4 heterocycles. The van der Waals surface area contributed by atoms with Crippen LogP contribution in [0.3, 0.4) is 0 Å². The maximum atomic E-state index is 13.2. The standard InChI is InChI=1S/C21H23ClN6O2/c1-12-9-15-17(27-21(2)5-6-21)25-18(26-19(15)30-12)20(29)28-7-3-13(4-8-28)16-23-10-14(22)11-24-16/h9-11,13H,3-8H2,1-2H3,(H,25,26,27). The molecule has 0 bridgehead atoms. The lowest BCUT2D eigenvalue weighted by Crippen LogP contribution is -2.39. The number of hydrogen-bond acceptors (Lipinski definition) is 7. The molecule has 1 N–H and O–H groups in total. The predicted molar refractivity (Wildman–Crippen MR) is 113 cm³/mol. The molecule has 1 aliphatic heterocycles. The number of aryl methyl sites for hydroxylation is 1. The number of amides is 1. The van der Waals surface area contributed by atoms with Crippen molar-refractivity contribution in [2.45, 2.75) is 51.0 Å². The first-order chi connectivity index (χ1) is 14.4. The van der Waals surface area contributed by atoms with Crippen LogP contribution in [0.15, 0.2) is 22.9 Å². The zero-order valence-electron chi connectivity index (χ0n) is 17.0. The topological polar surface area (TPSA) is 97.0 Å². The van der Waals surface area contributed by atoms with Gasteiger partial charge in [0.05, 0.1) is 10.4 Å². The van der Waals surface area contributed by atoms with E-state index >= 15 is 0 Å². The quantitative estimate of drug-likeness (QED) is 0.674. The molecule has 1 saturated carbocycles. The summed E-state index contributed by atoms with van der Waals surface area (Å²) >= 11 is 5.88. The average molecular weight is 427 g/mol. The number of aromatic nitrogens is 4. The summed E-state index contributed by atoms with van der Waals surface area (Å²) < 4.78 is 5.72. The SMILES string of the molecule is Cc1cc2c(NC3(C)CC3)nc(C(=O)N3CCC(c4ncc(Cl)cn4)CC3)nc2o1. The fourth-order valence-electron chi connectivity index (χ4n) is 3.85. The lowest BCUT2D eigenvalue weighted by molar-refractivity contribution is 0.0698. The van der Waals surface area contributed by atoms with Gasteiger partial charge in [0.15, 0.2) is 0 Å². The molecule has 1 saturated heterocycles. The van der Waals surface area contributed by atoms with Crippen LogP contribution >= 0.6 is 11.6 Å². The third-order valence-corrected chi connectivity index (χ3v) is 6.11. The van der Waals surface area contributed by atoms with Crippen LogP contribution < -0.4 is 5.32 Å². The Morgan fingerprint density at radius 1 is 1.23 bits per heavy atom. The Morgan fingerprint density at radius 2 is 1.93 bits per heavy atom. The first-order valence-electron chi connectivity index (χ1n) is 10.2. The molecule has 5 rings (SSSR count). The second kappa shape index (κ2) is 7.19. The molecular weight excluding hydrogens is 404 g/mol. The number of hydrogen-bond donors (Lipinski definition) is 1. The van der Waals surface area contributed by atoms with E-state index in [1.807, 2.05) is 13.0 Å². The zero-order chi connectivity index (χ0) is 20.9. The van der Waals surface area contributed by atoms with E-state index in [2.05, 4.69) is 32.2 Å². The normalized spacial score (nSPS) is 18.6.